The normalized spacial score (nSPS) is 20.9. The molecule has 26 heavy (non-hydrogen) atoms. The summed E-state index contributed by atoms with van der Waals surface area (Å²) in [5.41, 5.74) is -0.0353. The molecule has 0 unspecified atom stereocenters. The van der Waals surface area contributed by atoms with Crippen molar-refractivity contribution in [3.8, 4) is 0 Å². The van der Waals surface area contributed by atoms with Crippen LogP contribution in [0.2, 0.25) is 0 Å². The van der Waals surface area contributed by atoms with Gasteiger partial charge < -0.3 is 14.7 Å². The first kappa shape index (κ1) is 22.0. The van der Waals surface area contributed by atoms with Gasteiger partial charge in [-0.05, 0) is 57.6 Å². The van der Waals surface area contributed by atoms with Crippen LogP contribution in [0.15, 0.2) is 30.3 Å². The molecule has 5 nitrogen and oxygen atoms in total. The van der Waals surface area contributed by atoms with E-state index in [1.807, 2.05) is 39.5 Å². The van der Waals surface area contributed by atoms with Crippen molar-refractivity contribution < 1.29 is 19.4 Å². The number of hydrogen-bond acceptors (Lipinski definition) is 3. The van der Waals surface area contributed by atoms with Gasteiger partial charge in [0.2, 0.25) is 0 Å². The summed E-state index contributed by atoms with van der Waals surface area (Å²) in [4.78, 5) is 23.9. The maximum atomic E-state index is 11.8. The number of aromatic carboxylic acids is 1. The van der Waals surface area contributed by atoms with E-state index in [9.17, 15) is 9.59 Å². The van der Waals surface area contributed by atoms with Crippen LogP contribution in [0.4, 0.5) is 4.79 Å². The third kappa shape index (κ3) is 7.06. The maximum absolute atomic E-state index is 11.8. The minimum atomic E-state index is -0.879. The molecule has 1 aliphatic heterocycles. The Morgan fingerprint density at radius 1 is 1.04 bits per heavy atom. The fourth-order valence-electron chi connectivity index (χ4n) is 3.29. The summed E-state index contributed by atoms with van der Waals surface area (Å²) in [6.45, 7) is 11.6. The largest absolute Gasteiger partial charge is 0.478 e. The fraction of sp³-hybridized carbons (Fsp3) is 0.619. The van der Waals surface area contributed by atoms with Crippen molar-refractivity contribution in [2.75, 3.05) is 13.1 Å². The molecule has 1 aliphatic carbocycles. The zero-order valence-corrected chi connectivity index (χ0v) is 16.7. The van der Waals surface area contributed by atoms with Gasteiger partial charge in [-0.3, -0.25) is 0 Å². The highest BCUT2D eigenvalue weighted by molar-refractivity contribution is 5.87. The quantitative estimate of drug-likeness (QED) is 0.757. The van der Waals surface area contributed by atoms with Crippen LogP contribution in [0.3, 0.4) is 0 Å². The number of benzene rings is 1. The molecule has 0 spiro atoms. The highest BCUT2D eigenvalue weighted by Crippen LogP contribution is 2.38. The first-order valence-electron chi connectivity index (χ1n) is 9.52. The van der Waals surface area contributed by atoms with Gasteiger partial charge >= 0.3 is 12.1 Å². The van der Waals surface area contributed by atoms with Crippen LogP contribution in [0, 0.1) is 11.8 Å². The topological polar surface area (TPSA) is 66.8 Å². The standard InChI is InChI=1S/C12H21NO2.C7H6O2.C2H6/c1-12(2,3)15-11(14)13-7-9-5-4-6-10(9)8-13;8-7(9)6-4-2-1-3-5-6;1-2/h9-10H,4-8H2,1-3H3;1-5H,(H,8,9);1-2H3/t9-,10+;;. The lowest BCUT2D eigenvalue weighted by atomic mass is 10.0. The van der Waals surface area contributed by atoms with E-state index < -0.39 is 5.97 Å². The van der Waals surface area contributed by atoms with E-state index in [4.69, 9.17) is 9.84 Å². The molecule has 2 fully saturated rings. The molecule has 2 aliphatic rings. The zero-order chi connectivity index (χ0) is 19.7. The highest BCUT2D eigenvalue weighted by atomic mass is 16.6. The monoisotopic (exact) mass is 363 g/mol. The number of carbonyl (C=O) groups excluding carboxylic acids is 1. The molecule has 0 aromatic heterocycles. The number of carbonyl (C=O) groups is 2. The third-order valence-electron chi connectivity index (χ3n) is 4.40. The summed E-state index contributed by atoms with van der Waals surface area (Å²) in [6.07, 6.45) is 3.81. The molecule has 1 aromatic rings. The minimum Gasteiger partial charge on any atom is -0.478 e. The molecule has 2 atom stereocenters. The van der Waals surface area contributed by atoms with E-state index in [2.05, 4.69) is 0 Å². The van der Waals surface area contributed by atoms with Gasteiger partial charge in [-0.2, -0.15) is 0 Å². The van der Waals surface area contributed by atoms with Crippen LogP contribution >= 0.6 is 0 Å². The fourth-order valence-corrected chi connectivity index (χ4v) is 3.29. The molecule has 1 N–H and O–H groups in total. The van der Waals surface area contributed by atoms with E-state index in [0.717, 1.165) is 24.9 Å². The van der Waals surface area contributed by atoms with Gasteiger partial charge in [-0.25, -0.2) is 9.59 Å². The van der Waals surface area contributed by atoms with Crippen molar-refractivity contribution in [1.82, 2.24) is 4.90 Å². The molecule has 3 rings (SSSR count). The van der Waals surface area contributed by atoms with Crippen molar-refractivity contribution >= 4 is 12.1 Å². The molecule has 0 radical (unpaired) electrons. The average molecular weight is 363 g/mol. The molecule has 1 saturated carbocycles. The van der Waals surface area contributed by atoms with E-state index >= 15 is 0 Å². The van der Waals surface area contributed by atoms with E-state index in [1.165, 1.54) is 19.3 Å². The molecule has 1 aromatic carbocycles. The summed E-state index contributed by atoms with van der Waals surface area (Å²) in [7, 11) is 0. The molecule has 1 heterocycles. The second-order valence-electron chi connectivity index (χ2n) is 7.51. The average Bonchev–Trinajstić information content (AvgIpc) is 3.18. The van der Waals surface area contributed by atoms with Crippen LogP contribution in [0.1, 0.15) is 64.2 Å². The number of carboxylic acids is 1. The number of fused-ring (bicyclic) bond motifs is 1. The first-order chi connectivity index (χ1) is 12.3. The van der Waals surface area contributed by atoms with Crippen LogP contribution in [-0.4, -0.2) is 40.8 Å². The number of hydrogen-bond donors (Lipinski definition) is 1. The number of ether oxygens (including phenoxy) is 1. The molecule has 5 heteroatoms. The summed E-state index contributed by atoms with van der Waals surface area (Å²) in [5, 5.41) is 8.38. The van der Waals surface area contributed by atoms with Gasteiger partial charge in [0.15, 0.2) is 0 Å². The Hall–Kier alpha value is -2.04. The second kappa shape index (κ2) is 10.2. The van der Waals surface area contributed by atoms with Gasteiger partial charge in [-0.1, -0.05) is 38.5 Å². The van der Waals surface area contributed by atoms with Gasteiger partial charge in [-0.15, -0.1) is 0 Å². The van der Waals surface area contributed by atoms with Gasteiger partial charge in [0.1, 0.15) is 5.60 Å². The number of carboxylic acid groups (broad SMARTS) is 1. The number of amides is 1. The van der Waals surface area contributed by atoms with Crippen molar-refractivity contribution in [1.29, 1.82) is 0 Å². The van der Waals surface area contributed by atoms with Crippen molar-refractivity contribution in [2.24, 2.45) is 11.8 Å². The summed E-state index contributed by atoms with van der Waals surface area (Å²) in [5.74, 6) is 0.616. The number of rotatable bonds is 1. The van der Waals surface area contributed by atoms with Gasteiger partial charge in [0.05, 0.1) is 5.56 Å². The summed E-state index contributed by atoms with van der Waals surface area (Å²) < 4.78 is 5.37. The Kier molecular flexibility index (Phi) is 8.62. The molecular formula is C21H33NO4. The van der Waals surface area contributed by atoms with Gasteiger partial charge in [0.25, 0.3) is 0 Å². The Bertz CT molecular complexity index is 553. The maximum Gasteiger partial charge on any atom is 0.410 e. The smallest absolute Gasteiger partial charge is 0.410 e. The van der Waals surface area contributed by atoms with E-state index in [1.54, 1.807) is 30.3 Å². The molecule has 0 bridgehead atoms. The Labute approximate surface area is 157 Å². The SMILES string of the molecule is CC.CC(C)(C)OC(=O)N1C[C@H]2CCC[C@H]2C1.O=C(O)c1ccccc1. The predicted molar refractivity (Wildman–Crippen MR) is 103 cm³/mol. The lowest BCUT2D eigenvalue weighted by molar-refractivity contribution is 0.0280. The van der Waals surface area contributed by atoms with Crippen LogP contribution < -0.4 is 0 Å². The van der Waals surface area contributed by atoms with Crippen molar-refractivity contribution in [2.45, 2.75) is 59.5 Å². The predicted octanol–water partition coefficient (Wildman–Crippen LogP) is 5.06. The minimum absolute atomic E-state index is 0.128. The highest BCUT2D eigenvalue weighted by Gasteiger charge is 2.39. The molecule has 146 valence electrons. The second-order valence-corrected chi connectivity index (χ2v) is 7.51. The number of nitrogens with zero attached hydrogens (tertiary/aromatic N) is 1. The zero-order valence-electron chi connectivity index (χ0n) is 16.7. The van der Waals surface area contributed by atoms with Crippen LogP contribution in [-0.2, 0) is 4.74 Å². The number of likely N-dealkylation sites (tertiary alicyclic amines) is 1. The summed E-state index contributed by atoms with van der Waals surface area (Å²) >= 11 is 0. The third-order valence-corrected chi connectivity index (χ3v) is 4.40. The van der Waals surface area contributed by atoms with E-state index in [0.29, 0.717) is 5.56 Å². The Balaban J connectivity index is 0.000000263. The molecule has 1 saturated heterocycles. The van der Waals surface area contributed by atoms with Crippen molar-refractivity contribution in [3.63, 3.8) is 0 Å². The van der Waals surface area contributed by atoms with Crippen LogP contribution in [0.25, 0.3) is 0 Å². The van der Waals surface area contributed by atoms with Crippen LogP contribution in [0.5, 0.6) is 0 Å². The summed E-state index contributed by atoms with van der Waals surface area (Å²) in [6, 6.07) is 8.30. The van der Waals surface area contributed by atoms with Crippen molar-refractivity contribution in [3.05, 3.63) is 35.9 Å². The Morgan fingerprint density at radius 2 is 1.54 bits per heavy atom. The van der Waals surface area contributed by atoms with E-state index in [-0.39, 0.29) is 11.7 Å². The molecule has 1 amide bonds. The van der Waals surface area contributed by atoms with Gasteiger partial charge in [0, 0.05) is 13.1 Å². The lowest BCUT2D eigenvalue weighted by Gasteiger charge is -2.24. The molecular weight excluding hydrogens is 330 g/mol. The Morgan fingerprint density at radius 3 is 1.92 bits per heavy atom. The lowest BCUT2D eigenvalue weighted by Crippen LogP contribution is -2.35. The first-order valence-corrected chi connectivity index (χ1v) is 9.52.